The molecule has 0 bridgehead atoms. The molecule has 0 aromatic heterocycles. The van der Waals surface area contributed by atoms with Crippen molar-refractivity contribution in [3.8, 4) is 0 Å². The van der Waals surface area contributed by atoms with Crippen LogP contribution >= 0.6 is 0 Å². The second-order valence-electron chi connectivity index (χ2n) is 4.61. The third kappa shape index (κ3) is 3.43. The quantitative estimate of drug-likeness (QED) is 0.454. The number of nitro benzene ring substituents is 1. The molecule has 0 N–H and O–H groups in total. The Bertz CT molecular complexity index is 483. The monoisotopic (exact) mass is 284 g/mol. The van der Waals surface area contributed by atoms with Crippen LogP contribution < -0.4 is 4.90 Å². The molecule has 7 heteroatoms. The van der Waals surface area contributed by atoms with E-state index in [-0.39, 0.29) is 11.8 Å². The van der Waals surface area contributed by atoms with Gasteiger partial charge in [0.25, 0.3) is 5.69 Å². The molecule has 6 nitrogen and oxygen atoms in total. The molecule has 20 heavy (non-hydrogen) atoms. The molecule has 0 unspecified atom stereocenters. The number of hydrogen-bond donors (Lipinski definition) is 0. The Balaban J connectivity index is 2.05. The van der Waals surface area contributed by atoms with Crippen molar-refractivity contribution in [1.29, 1.82) is 0 Å². The topological polar surface area (TPSA) is 64.8 Å². The Morgan fingerprint density at radius 3 is 3.00 bits per heavy atom. The van der Waals surface area contributed by atoms with Crippen LogP contribution in [0.25, 0.3) is 0 Å². The van der Waals surface area contributed by atoms with E-state index in [9.17, 15) is 14.5 Å². The Morgan fingerprint density at radius 2 is 2.30 bits per heavy atom. The summed E-state index contributed by atoms with van der Waals surface area (Å²) >= 11 is 0. The molecule has 1 atom stereocenters. The van der Waals surface area contributed by atoms with Gasteiger partial charge in [0.05, 0.1) is 24.2 Å². The first-order valence-corrected chi connectivity index (χ1v) is 6.41. The van der Waals surface area contributed by atoms with Crippen LogP contribution in [0.1, 0.15) is 6.42 Å². The molecule has 1 saturated heterocycles. The number of hydrogen-bond acceptors (Lipinski definition) is 5. The summed E-state index contributed by atoms with van der Waals surface area (Å²) in [5, 5.41) is 11.0. The molecule has 0 radical (unpaired) electrons. The fourth-order valence-electron chi connectivity index (χ4n) is 2.29. The lowest BCUT2D eigenvalue weighted by molar-refractivity contribution is -0.384. The van der Waals surface area contributed by atoms with Gasteiger partial charge in [-0.25, -0.2) is 4.39 Å². The normalized spacial score (nSPS) is 18.5. The third-order valence-electron chi connectivity index (χ3n) is 3.26. The molecule has 1 fully saturated rings. The van der Waals surface area contributed by atoms with E-state index >= 15 is 0 Å². The average molecular weight is 284 g/mol. The highest BCUT2D eigenvalue weighted by atomic mass is 19.1. The second kappa shape index (κ2) is 6.62. The minimum atomic E-state index is -0.492. The second-order valence-corrected chi connectivity index (χ2v) is 4.61. The number of rotatable bonds is 6. The predicted molar refractivity (Wildman–Crippen MR) is 71.5 cm³/mol. The molecule has 0 spiro atoms. The van der Waals surface area contributed by atoms with Crippen LogP contribution in [0.2, 0.25) is 0 Å². The van der Waals surface area contributed by atoms with E-state index < -0.39 is 10.7 Å². The smallest absolute Gasteiger partial charge is 0.292 e. The minimum Gasteiger partial charge on any atom is -0.382 e. The summed E-state index contributed by atoms with van der Waals surface area (Å²) in [5.74, 6) is -0.477. The highest BCUT2D eigenvalue weighted by Gasteiger charge is 2.28. The van der Waals surface area contributed by atoms with Gasteiger partial charge in [0.15, 0.2) is 0 Å². The molecular formula is C13H17FN2O4. The van der Waals surface area contributed by atoms with Crippen molar-refractivity contribution >= 4 is 11.4 Å². The van der Waals surface area contributed by atoms with Gasteiger partial charge in [0.2, 0.25) is 0 Å². The minimum absolute atomic E-state index is 0.00646. The fourth-order valence-corrected chi connectivity index (χ4v) is 2.29. The largest absolute Gasteiger partial charge is 0.382 e. The number of nitrogens with zero attached hydrogens (tertiary/aromatic N) is 2. The number of benzene rings is 1. The lowest BCUT2D eigenvalue weighted by Crippen LogP contribution is -2.24. The molecule has 110 valence electrons. The van der Waals surface area contributed by atoms with Gasteiger partial charge in [0.1, 0.15) is 11.5 Å². The summed E-state index contributed by atoms with van der Waals surface area (Å²) in [6, 6.07) is 3.50. The predicted octanol–water partition coefficient (Wildman–Crippen LogP) is 1.98. The van der Waals surface area contributed by atoms with Crippen molar-refractivity contribution in [1.82, 2.24) is 0 Å². The van der Waals surface area contributed by atoms with E-state index in [1.54, 1.807) is 12.0 Å². The Labute approximate surface area is 116 Å². The maximum atomic E-state index is 13.3. The van der Waals surface area contributed by atoms with Gasteiger partial charge >= 0.3 is 0 Å². The maximum absolute atomic E-state index is 13.3. The van der Waals surface area contributed by atoms with Crippen molar-refractivity contribution < 1.29 is 18.8 Å². The number of anilines is 1. The van der Waals surface area contributed by atoms with Gasteiger partial charge in [-0.1, -0.05) is 0 Å². The zero-order chi connectivity index (χ0) is 14.5. The number of methoxy groups -OCH3 is 1. The third-order valence-corrected chi connectivity index (χ3v) is 3.26. The molecule has 0 amide bonds. The summed E-state index contributed by atoms with van der Waals surface area (Å²) in [6.45, 7) is 2.13. The van der Waals surface area contributed by atoms with Crippen LogP contribution in [-0.2, 0) is 9.47 Å². The first kappa shape index (κ1) is 14.7. The Morgan fingerprint density at radius 1 is 1.50 bits per heavy atom. The van der Waals surface area contributed by atoms with E-state index in [2.05, 4.69) is 0 Å². The zero-order valence-electron chi connectivity index (χ0n) is 11.3. The lowest BCUT2D eigenvalue weighted by atomic mass is 10.2. The van der Waals surface area contributed by atoms with Crippen LogP contribution in [0, 0.1) is 15.9 Å². The number of ether oxygens (including phenoxy) is 2. The molecule has 1 heterocycles. The van der Waals surface area contributed by atoms with Crippen LogP contribution in [0.3, 0.4) is 0 Å². The zero-order valence-corrected chi connectivity index (χ0v) is 11.3. The molecular weight excluding hydrogens is 267 g/mol. The SMILES string of the molecule is COCCO[C@H]1CCN(c2cc(F)ccc2[N+](=O)[O-])C1. The molecule has 1 aromatic carbocycles. The van der Waals surface area contributed by atoms with Crippen molar-refractivity contribution in [3.05, 3.63) is 34.1 Å². The summed E-state index contributed by atoms with van der Waals surface area (Å²) in [4.78, 5) is 12.3. The molecule has 0 saturated carbocycles. The first-order chi connectivity index (χ1) is 9.61. The molecule has 2 rings (SSSR count). The summed E-state index contributed by atoms with van der Waals surface area (Å²) < 4.78 is 23.8. The van der Waals surface area contributed by atoms with E-state index in [4.69, 9.17) is 9.47 Å². The van der Waals surface area contributed by atoms with Gasteiger partial charge in [0, 0.05) is 32.3 Å². The van der Waals surface area contributed by atoms with E-state index in [0.29, 0.717) is 32.0 Å². The van der Waals surface area contributed by atoms with Crippen LogP contribution in [-0.4, -0.2) is 44.4 Å². The number of nitro groups is 1. The van der Waals surface area contributed by atoms with E-state index in [1.165, 1.54) is 12.1 Å². The van der Waals surface area contributed by atoms with Gasteiger partial charge in [-0.05, 0) is 12.5 Å². The molecule has 0 aliphatic carbocycles. The lowest BCUT2D eigenvalue weighted by Gasteiger charge is -2.18. The van der Waals surface area contributed by atoms with Crippen molar-refractivity contribution in [2.75, 3.05) is 38.3 Å². The van der Waals surface area contributed by atoms with Crippen LogP contribution in [0.4, 0.5) is 15.8 Å². The van der Waals surface area contributed by atoms with Crippen molar-refractivity contribution in [2.45, 2.75) is 12.5 Å². The summed E-state index contributed by atoms with van der Waals surface area (Å²) in [5.41, 5.74) is 0.233. The highest BCUT2D eigenvalue weighted by Crippen LogP contribution is 2.31. The summed E-state index contributed by atoms with van der Waals surface area (Å²) in [6.07, 6.45) is 0.755. The number of halogens is 1. The van der Waals surface area contributed by atoms with Crippen molar-refractivity contribution in [2.24, 2.45) is 0 Å². The maximum Gasteiger partial charge on any atom is 0.292 e. The standard InChI is InChI=1S/C13H17FN2O4/c1-19-6-7-20-11-4-5-15(9-11)13-8-10(14)2-3-12(13)16(17)18/h2-3,8,11H,4-7,9H2,1H3/t11-/m0/s1. The summed E-state index contributed by atoms with van der Waals surface area (Å²) in [7, 11) is 1.60. The molecule has 1 aliphatic heterocycles. The fraction of sp³-hybridized carbons (Fsp3) is 0.538. The Kier molecular flexibility index (Phi) is 4.86. The van der Waals surface area contributed by atoms with Crippen LogP contribution in [0.15, 0.2) is 18.2 Å². The molecule has 1 aromatic rings. The molecule has 1 aliphatic rings. The average Bonchev–Trinajstić information content (AvgIpc) is 2.87. The Hall–Kier alpha value is -1.73. The van der Waals surface area contributed by atoms with Gasteiger partial charge < -0.3 is 14.4 Å². The van der Waals surface area contributed by atoms with Crippen molar-refractivity contribution in [3.63, 3.8) is 0 Å². The van der Waals surface area contributed by atoms with E-state index in [1.807, 2.05) is 0 Å². The van der Waals surface area contributed by atoms with Gasteiger partial charge in [-0.2, -0.15) is 0 Å². The van der Waals surface area contributed by atoms with Crippen LogP contribution in [0.5, 0.6) is 0 Å². The van der Waals surface area contributed by atoms with E-state index in [0.717, 1.165) is 12.5 Å². The van der Waals surface area contributed by atoms with Gasteiger partial charge in [-0.3, -0.25) is 10.1 Å². The first-order valence-electron chi connectivity index (χ1n) is 6.41. The van der Waals surface area contributed by atoms with Gasteiger partial charge in [-0.15, -0.1) is 0 Å². The highest BCUT2D eigenvalue weighted by molar-refractivity contribution is 5.63.